The van der Waals surface area contributed by atoms with Crippen LogP contribution in [0.3, 0.4) is 0 Å². The number of rotatable bonds is 5. The molecule has 1 saturated carbocycles. The number of methoxy groups -OCH3 is 1. The van der Waals surface area contributed by atoms with E-state index in [1.807, 2.05) is 6.07 Å². The highest BCUT2D eigenvalue weighted by molar-refractivity contribution is 8.13. The van der Waals surface area contributed by atoms with Crippen molar-refractivity contribution in [3.8, 4) is 6.07 Å². The van der Waals surface area contributed by atoms with Gasteiger partial charge in [0.25, 0.3) is 0 Å². The maximum atomic E-state index is 15.1. The minimum Gasteiger partial charge on any atom is -0.381 e. The summed E-state index contributed by atoms with van der Waals surface area (Å²) in [4.78, 5) is 21.5. The Bertz CT molecular complexity index is 1070. The van der Waals surface area contributed by atoms with Crippen molar-refractivity contribution in [1.82, 2.24) is 4.98 Å². The zero-order valence-corrected chi connectivity index (χ0v) is 18.0. The van der Waals surface area contributed by atoms with E-state index in [0.29, 0.717) is 28.3 Å². The molecule has 1 aliphatic heterocycles. The minimum atomic E-state index is -0.788. The van der Waals surface area contributed by atoms with E-state index < -0.39 is 5.54 Å². The Kier molecular flexibility index (Phi) is 6.08. The average molecular weight is 439 g/mol. The molecular formula is C23H23FN4O2S. The summed E-state index contributed by atoms with van der Waals surface area (Å²) in [6.07, 6.45) is 3.76. The molecule has 2 heterocycles. The molecule has 31 heavy (non-hydrogen) atoms. The molecular weight excluding hydrogens is 415 g/mol. The molecule has 1 aliphatic carbocycles. The highest BCUT2D eigenvalue weighted by Gasteiger charge is 2.49. The lowest BCUT2D eigenvalue weighted by molar-refractivity contribution is 0.0192. The van der Waals surface area contributed by atoms with Gasteiger partial charge in [-0.25, -0.2) is 4.39 Å². The second-order valence-corrected chi connectivity index (χ2v) is 9.02. The molecule has 0 amide bonds. The fourth-order valence-corrected chi connectivity index (χ4v) is 5.56. The predicted octanol–water partition coefficient (Wildman–Crippen LogP) is 3.59. The number of benzene rings is 1. The van der Waals surface area contributed by atoms with Crippen LogP contribution in [0.5, 0.6) is 0 Å². The van der Waals surface area contributed by atoms with Gasteiger partial charge < -0.3 is 10.5 Å². The van der Waals surface area contributed by atoms with Crippen molar-refractivity contribution >= 4 is 22.7 Å². The fraction of sp³-hybridized carbons (Fsp3) is 0.391. The topological polar surface area (TPSA) is 101 Å². The number of aliphatic imine (C=N–C) groups is 1. The van der Waals surface area contributed by atoms with Gasteiger partial charge in [0.1, 0.15) is 17.6 Å². The molecule has 1 aromatic carbocycles. The Morgan fingerprint density at radius 1 is 1.39 bits per heavy atom. The normalized spacial score (nSPS) is 25.3. The first-order chi connectivity index (χ1) is 14.9. The summed E-state index contributed by atoms with van der Waals surface area (Å²) in [5.74, 6) is 0.384. The molecule has 0 saturated heterocycles. The van der Waals surface area contributed by atoms with Gasteiger partial charge in [-0.15, -0.1) is 0 Å². The molecule has 3 atom stereocenters. The van der Waals surface area contributed by atoms with Crippen molar-refractivity contribution in [2.75, 3.05) is 12.9 Å². The second-order valence-electron chi connectivity index (χ2n) is 7.98. The molecule has 0 spiro atoms. The predicted molar refractivity (Wildman–Crippen MR) is 117 cm³/mol. The van der Waals surface area contributed by atoms with Crippen molar-refractivity contribution < 1.29 is 13.9 Å². The number of thioether (sulfide) groups is 1. The maximum Gasteiger partial charge on any atom is 0.185 e. The van der Waals surface area contributed by atoms with Crippen molar-refractivity contribution in [3.63, 3.8) is 0 Å². The molecule has 4 rings (SSSR count). The van der Waals surface area contributed by atoms with E-state index in [9.17, 15) is 4.79 Å². The molecule has 0 bridgehead atoms. The van der Waals surface area contributed by atoms with Gasteiger partial charge in [0.2, 0.25) is 0 Å². The Balaban J connectivity index is 1.68. The third-order valence-electron chi connectivity index (χ3n) is 6.17. The van der Waals surface area contributed by atoms with Crippen LogP contribution in [0.4, 0.5) is 4.39 Å². The van der Waals surface area contributed by atoms with E-state index in [4.69, 9.17) is 20.7 Å². The van der Waals surface area contributed by atoms with E-state index in [2.05, 4.69) is 4.98 Å². The van der Waals surface area contributed by atoms with Crippen LogP contribution in [0.25, 0.3) is 0 Å². The number of nitrogens with zero attached hydrogens (tertiary/aromatic N) is 3. The average Bonchev–Trinajstić information content (AvgIpc) is 2.79. The number of amidine groups is 1. The molecule has 160 valence electrons. The number of hydrogen-bond donors (Lipinski definition) is 1. The van der Waals surface area contributed by atoms with Crippen molar-refractivity contribution in [3.05, 3.63) is 64.7 Å². The summed E-state index contributed by atoms with van der Waals surface area (Å²) in [6, 6.07) is 9.84. The fourth-order valence-electron chi connectivity index (χ4n) is 4.52. The Morgan fingerprint density at radius 2 is 2.23 bits per heavy atom. The number of hydrogen-bond acceptors (Lipinski definition) is 7. The standard InChI is InChI=1S/C23H23FN4O2S/c1-30-17-5-4-16-13-31-22(26)28-23(16,10-17)18-8-14(2-6-19(18)24)9-21(29)20-7-3-15(11-25)12-27-20/h2-3,6-8,12,16-17H,4-5,9-10,13H2,1H3,(H2,26,28)/t16-,17-,23-/m0/s1. The van der Waals surface area contributed by atoms with Crippen LogP contribution in [-0.4, -0.2) is 34.9 Å². The van der Waals surface area contributed by atoms with Crippen LogP contribution in [0.2, 0.25) is 0 Å². The third-order valence-corrected chi connectivity index (χ3v) is 7.12. The van der Waals surface area contributed by atoms with E-state index in [1.54, 1.807) is 25.3 Å². The van der Waals surface area contributed by atoms with Gasteiger partial charge >= 0.3 is 0 Å². The number of fused-ring (bicyclic) bond motifs is 1. The Hall–Kier alpha value is -2.76. The summed E-state index contributed by atoms with van der Waals surface area (Å²) < 4.78 is 20.7. The summed E-state index contributed by atoms with van der Waals surface area (Å²) in [7, 11) is 1.67. The lowest BCUT2D eigenvalue weighted by atomic mass is 9.68. The first kappa shape index (κ1) is 21.5. The van der Waals surface area contributed by atoms with Gasteiger partial charge in [0, 0.05) is 37.5 Å². The largest absolute Gasteiger partial charge is 0.381 e. The first-order valence-electron chi connectivity index (χ1n) is 10.1. The number of Topliss-reactive ketones (excluding diaryl/α,β-unsaturated/α-hetero) is 1. The van der Waals surface area contributed by atoms with Crippen LogP contribution in [0, 0.1) is 23.1 Å². The van der Waals surface area contributed by atoms with E-state index in [1.165, 1.54) is 30.1 Å². The number of ketones is 1. The number of halogens is 1. The van der Waals surface area contributed by atoms with Gasteiger partial charge in [-0.3, -0.25) is 14.8 Å². The van der Waals surface area contributed by atoms with Gasteiger partial charge in [-0.1, -0.05) is 17.8 Å². The SMILES string of the molecule is CO[C@H]1CC[C@H]2CSC(N)=N[C@@]2(c2cc(CC(=O)c3ccc(C#N)cn3)ccc2F)C1. The summed E-state index contributed by atoms with van der Waals surface area (Å²) in [5.41, 5.74) is 7.12. The van der Waals surface area contributed by atoms with Crippen LogP contribution in [0.1, 0.15) is 46.4 Å². The number of carbonyl (C=O) groups excluding carboxylic acids is 1. The molecule has 6 nitrogen and oxygen atoms in total. The summed E-state index contributed by atoms with van der Waals surface area (Å²) in [6.45, 7) is 0. The third kappa shape index (κ3) is 4.21. The molecule has 0 radical (unpaired) electrons. The van der Waals surface area contributed by atoms with Gasteiger partial charge in [-0.2, -0.15) is 5.26 Å². The van der Waals surface area contributed by atoms with E-state index in [0.717, 1.165) is 18.6 Å². The molecule has 8 heteroatoms. The Labute approximate surface area is 184 Å². The number of ether oxygens (including phenoxy) is 1. The molecule has 2 aliphatic rings. The summed E-state index contributed by atoms with van der Waals surface area (Å²) in [5, 5.41) is 9.35. The van der Waals surface area contributed by atoms with Crippen molar-refractivity contribution in [2.24, 2.45) is 16.6 Å². The number of aromatic nitrogens is 1. The lowest BCUT2D eigenvalue weighted by Crippen LogP contribution is -2.47. The zero-order valence-electron chi connectivity index (χ0n) is 17.2. The molecule has 1 aromatic heterocycles. The highest BCUT2D eigenvalue weighted by atomic mass is 32.2. The van der Waals surface area contributed by atoms with Gasteiger partial charge in [-0.05, 0) is 48.6 Å². The molecule has 2 N–H and O–H groups in total. The smallest absolute Gasteiger partial charge is 0.185 e. The second kappa shape index (κ2) is 8.77. The van der Waals surface area contributed by atoms with Gasteiger partial charge in [0.15, 0.2) is 11.0 Å². The van der Waals surface area contributed by atoms with E-state index >= 15 is 4.39 Å². The van der Waals surface area contributed by atoms with Crippen molar-refractivity contribution in [1.29, 1.82) is 5.26 Å². The number of carbonyl (C=O) groups is 1. The van der Waals surface area contributed by atoms with Crippen LogP contribution >= 0.6 is 11.8 Å². The Morgan fingerprint density at radius 3 is 2.94 bits per heavy atom. The van der Waals surface area contributed by atoms with E-state index in [-0.39, 0.29) is 35.7 Å². The lowest BCUT2D eigenvalue weighted by Gasteiger charge is -2.46. The monoisotopic (exact) mass is 438 g/mol. The number of pyridine rings is 1. The summed E-state index contributed by atoms with van der Waals surface area (Å²) >= 11 is 1.51. The minimum absolute atomic E-state index is 0.0246. The van der Waals surface area contributed by atoms with Crippen molar-refractivity contribution in [2.45, 2.75) is 37.3 Å². The quantitative estimate of drug-likeness (QED) is 0.716. The number of nitriles is 1. The van der Waals surface area contributed by atoms with Crippen LogP contribution in [0.15, 0.2) is 41.5 Å². The first-order valence-corrected chi connectivity index (χ1v) is 11.1. The van der Waals surface area contributed by atoms with Gasteiger partial charge in [0.05, 0.1) is 17.2 Å². The zero-order chi connectivity index (χ0) is 22.0. The highest BCUT2D eigenvalue weighted by Crippen LogP contribution is 2.50. The molecule has 0 unspecified atom stereocenters. The van der Waals surface area contributed by atoms with Crippen LogP contribution in [-0.2, 0) is 16.7 Å². The van der Waals surface area contributed by atoms with Crippen LogP contribution < -0.4 is 5.73 Å². The number of nitrogens with two attached hydrogens (primary N) is 1. The molecule has 1 fully saturated rings. The maximum absolute atomic E-state index is 15.1. The molecule has 2 aromatic rings.